The summed E-state index contributed by atoms with van der Waals surface area (Å²) in [6.45, 7) is 4.80. The third-order valence-corrected chi connectivity index (χ3v) is 4.52. The smallest absolute Gasteiger partial charge is 0.255 e. The van der Waals surface area contributed by atoms with E-state index in [0.717, 1.165) is 43.6 Å². The van der Waals surface area contributed by atoms with Crippen LogP contribution in [0.2, 0.25) is 0 Å². The fourth-order valence-corrected chi connectivity index (χ4v) is 3.26. The third kappa shape index (κ3) is 3.76. The quantitative estimate of drug-likeness (QED) is 0.870. The van der Waals surface area contributed by atoms with Crippen molar-refractivity contribution in [1.29, 1.82) is 0 Å². The maximum atomic E-state index is 12.7. The minimum Gasteiger partial charge on any atom is -0.336 e. The van der Waals surface area contributed by atoms with Gasteiger partial charge in [-0.05, 0) is 69.4 Å². The molecule has 2 aromatic heterocycles. The fourth-order valence-electron chi connectivity index (χ4n) is 3.26. The Kier molecular flexibility index (Phi) is 4.70. The van der Waals surface area contributed by atoms with Gasteiger partial charge >= 0.3 is 0 Å². The molecule has 3 rings (SSSR count). The Morgan fingerprint density at radius 1 is 1.22 bits per heavy atom. The molecule has 0 radical (unpaired) electrons. The lowest BCUT2D eigenvalue weighted by atomic mass is 10.0. The van der Waals surface area contributed by atoms with E-state index < -0.39 is 0 Å². The number of likely N-dealkylation sites (tertiary alicyclic amines) is 1. The first-order valence-corrected chi connectivity index (χ1v) is 8.28. The lowest BCUT2D eigenvalue weighted by molar-refractivity contribution is 0.0730. The van der Waals surface area contributed by atoms with Crippen LogP contribution in [-0.2, 0) is 6.42 Å². The zero-order valence-electron chi connectivity index (χ0n) is 13.8. The molecule has 4 nitrogen and oxygen atoms in total. The summed E-state index contributed by atoms with van der Waals surface area (Å²) in [5.41, 5.74) is 3.98. The Balaban J connectivity index is 1.65. The Bertz CT molecular complexity index is 681. The monoisotopic (exact) mass is 309 g/mol. The number of hydrogen-bond donors (Lipinski definition) is 0. The van der Waals surface area contributed by atoms with Gasteiger partial charge in [-0.15, -0.1) is 0 Å². The highest BCUT2D eigenvalue weighted by molar-refractivity contribution is 5.94. The zero-order chi connectivity index (χ0) is 16.2. The highest BCUT2D eigenvalue weighted by Crippen LogP contribution is 2.24. The largest absolute Gasteiger partial charge is 0.336 e. The molecule has 1 amide bonds. The highest BCUT2D eigenvalue weighted by Gasteiger charge is 2.29. The number of nitrogens with zero attached hydrogens (tertiary/aromatic N) is 3. The Hall–Kier alpha value is -2.23. The molecule has 1 atom stereocenters. The van der Waals surface area contributed by atoms with Crippen molar-refractivity contribution in [2.75, 3.05) is 6.54 Å². The predicted molar refractivity (Wildman–Crippen MR) is 90.3 cm³/mol. The summed E-state index contributed by atoms with van der Waals surface area (Å²) < 4.78 is 0. The number of pyridine rings is 2. The Labute approximate surface area is 137 Å². The molecule has 0 bridgehead atoms. The lowest BCUT2D eigenvalue weighted by Crippen LogP contribution is -2.35. The van der Waals surface area contributed by atoms with E-state index in [4.69, 9.17) is 0 Å². The van der Waals surface area contributed by atoms with Crippen LogP contribution in [0.3, 0.4) is 0 Å². The van der Waals surface area contributed by atoms with Crippen LogP contribution < -0.4 is 0 Å². The van der Waals surface area contributed by atoms with Crippen LogP contribution >= 0.6 is 0 Å². The molecular formula is C19H23N3O. The minimum absolute atomic E-state index is 0.117. The average molecular weight is 309 g/mol. The molecule has 0 saturated carbocycles. The number of rotatable bonds is 4. The zero-order valence-corrected chi connectivity index (χ0v) is 13.8. The van der Waals surface area contributed by atoms with Gasteiger partial charge in [0, 0.05) is 36.4 Å². The maximum Gasteiger partial charge on any atom is 0.255 e. The van der Waals surface area contributed by atoms with Crippen LogP contribution in [0.1, 0.15) is 46.6 Å². The third-order valence-electron chi connectivity index (χ3n) is 4.52. The number of amides is 1. The van der Waals surface area contributed by atoms with Crippen LogP contribution in [0, 0.1) is 13.8 Å². The van der Waals surface area contributed by atoms with E-state index in [9.17, 15) is 4.79 Å². The molecule has 1 aliphatic rings. The van der Waals surface area contributed by atoms with Gasteiger partial charge in [0.1, 0.15) is 0 Å². The second-order valence-corrected chi connectivity index (χ2v) is 6.33. The molecule has 23 heavy (non-hydrogen) atoms. The molecule has 0 unspecified atom stereocenters. The molecule has 1 fully saturated rings. The minimum atomic E-state index is 0.117. The van der Waals surface area contributed by atoms with Crippen LogP contribution in [0.5, 0.6) is 0 Å². The van der Waals surface area contributed by atoms with Gasteiger partial charge in [-0.3, -0.25) is 14.8 Å². The molecule has 0 aliphatic carbocycles. The first-order chi connectivity index (χ1) is 11.1. The van der Waals surface area contributed by atoms with Gasteiger partial charge in [0.2, 0.25) is 0 Å². The number of hydrogen-bond acceptors (Lipinski definition) is 3. The van der Waals surface area contributed by atoms with E-state index in [-0.39, 0.29) is 5.91 Å². The van der Waals surface area contributed by atoms with E-state index in [1.54, 1.807) is 6.20 Å². The number of aryl methyl sites for hydroxylation is 3. The first-order valence-electron chi connectivity index (χ1n) is 8.28. The Morgan fingerprint density at radius 2 is 2.09 bits per heavy atom. The second-order valence-electron chi connectivity index (χ2n) is 6.33. The summed E-state index contributed by atoms with van der Waals surface area (Å²) in [5, 5.41) is 0. The van der Waals surface area contributed by atoms with Gasteiger partial charge < -0.3 is 4.90 Å². The van der Waals surface area contributed by atoms with Gasteiger partial charge in [0.05, 0.1) is 5.56 Å². The van der Waals surface area contributed by atoms with Crippen LogP contribution in [0.15, 0.2) is 36.7 Å². The van der Waals surface area contributed by atoms with Crippen molar-refractivity contribution >= 4 is 5.91 Å². The van der Waals surface area contributed by atoms with Crippen molar-refractivity contribution in [1.82, 2.24) is 14.9 Å². The van der Waals surface area contributed by atoms with Crippen molar-refractivity contribution < 1.29 is 4.79 Å². The molecule has 120 valence electrons. The van der Waals surface area contributed by atoms with Gasteiger partial charge in [-0.25, -0.2) is 0 Å². The van der Waals surface area contributed by atoms with Gasteiger partial charge in [-0.1, -0.05) is 0 Å². The number of aromatic nitrogens is 2. The second kappa shape index (κ2) is 6.90. The lowest BCUT2D eigenvalue weighted by Gasteiger charge is -2.25. The van der Waals surface area contributed by atoms with E-state index in [1.165, 1.54) is 5.56 Å². The van der Waals surface area contributed by atoms with Gasteiger partial charge in [-0.2, -0.15) is 0 Å². The van der Waals surface area contributed by atoms with Crippen molar-refractivity contribution in [3.05, 3.63) is 59.2 Å². The summed E-state index contributed by atoms with van der Waals surface area (Å²) in [5.74, 6) is 0.117. The molecule has 0 aromatic carbocycles. The molecule has 1 aliphatic heterocycles. The molecule has 0 spiro atoms. The summed E-state index contributed by atoms with van der Waals surface area (Å²) >= 11 is 0. The van der Waals surface area contributed by atoms with Crippen LogP contribution in [0.4, 0.5) is 0 Å². The molecule has 0 N–H and O–H groups in total. The predicted octanol–water partition coefficient (Wildman–Crippen LogP) is 3.33. The summed E-state index contributed by atoms with van der Waals surface area (Å²) in [7, 11) is 0. The average Bonchev–Trinajstić information content (AvgIpc) is 3.01. The fraction of sp³-hybridized carbons (Fsp3) is 0.421. The van der Waals surface area contributed by atoms with Gasteiger partial charge in [0.25, 0.3) is 5.91 Å². The Morgan fingerprint density at radius 3 is 2.83 bits per heavy atom. The summed E-state index contributed by atoms with van der Waals surface area (Å²) in [6, 6.07) is 8.31. The van der Waals surface area contributed by atoms with E-state index in [0.29, 0.717) is 11.6 Å². The topological polar surface area (TPSA) is 46.1 Å². The molecule has 4 heteroatoms. The number of carbonyl (C=O) groups is 1. The molecular weight excluding hydrogens is 286 g/mol. The summed E-state index contributed by atoms with van der Waals surface area (Å²) in [4.78, 5) is 23.2. The van der Waals surface area contributed by atoms with Gasteiger partial charge in [0.15, 0.2) is 0 Å². The number of carbonyl (C=O) groups excluding carboxylic acids is 1. The van der Waals surface area contributed by atoms with Crippen LogP contribution in [-0.4, -0.2) is 33.4 Å². The maximum absolute atomic E-state index is 12.7. The standard InChI is InChI=1S/C19H23N3O/c1-14-5-7-17(13-21-14)19(23)22-11-3-4-18(22)8-6-16-9-10-20-15(2)12-16/h5,7,9-10,12-13,18H,3-4,6,8,11H2,1-2H3/t18-/m0/s1. The first kappa shape index (κ1) is 15.7. The van der Waals surface area contributed by atoms with Crippen molar-refractivity contribution in [3.8, 4) is 0 Å². The summed E-state index contributed by atoms with van der Waals surface area (Å²) in [6.07, 6.45) is 7.73. The highest BCUT2D eigenvalue weighted by atomic mass is 16.2. The van der Waals surface area contributed by atoms with E-state index in [1.807, 2.05) is 37.1 Å². The molecule has 1 saturated heterocycles. The molecule has 3 heterocycles. The van der Waals surface area contributed by atoms with E-state index in [2.05, 4.69) is 22.1 Å². The van der Waals surface area contributed by atoms with Crippen molar-refractivity contribution in [2.24, 2.45) is 0 Å². The normalized spacial score (nSPS) is 17.5. The SMILES string of the molecule is Cc1ccc(C(=O)N2CCC[C@H]2CCc2ccnc(C)c2)cn1. The van der Waals surface area contributed by atoms with Crippen molar-refractivity contribution in [3.63, 3.8) is 0 Å². The van der Waals surface area contributed by atoms with E-state index >= 15 is 0 Å². The van der Waals surface area contributed by atoms with Crippen molar-refractivity contribution in [2.45, 2.75) is 45.6 Å². The van der Waals surface area contributed by atoms with Crippen LogP contribution in [0.25, 0.3) is 0 Å². The molecule has 2 aromatic rings.